The summed E-state index contributed by atoms with van der Waals surface area (Å²) in [7, 11) is 0.767. The Balaban J connectivity index is 2.99. The van der Waals surface area contributed by atoms with Gasteiger partial charge in [-0.15, -0.1) is 0 Å². The van der Waals surface area contributed by atoms with Gasteiger partial charge in [0.25, 0.3) is 9.05 Å². The molecule has 0 heterocycles. The van der Waals surface area contributed by atoms with Crippen LogP contribution in [0.5, 0.6) is 0 Å². The van der Waals surface area contributed by atoms with Crippen LogP contribution in [-0.4, -0.2) is 21.0 Å². The van der Waals surface area contributed by atoms with Gasteiger partial charge in [0.2, 0.25) is 0 Å². The van der Waals surface area contributed by atoms with Gasteiger partial charge in [-0.3, -0.25) is 0 Å². The molecule has 0 bridgehead atoms. The van der Waals surface area contributed by atoms with Gasteiger partial charge in [-0.05, 0) is 18.6 Å². The number of esters is 1. The topological polar surface area (TPSA) is 60.4 Å². The summed E-state index contributed by atoms with van der Waals surface area (Å²) in [5.41, 5.74) is -0.791. The zero-order valence-electron chi connectivity index (χ0n) is 10.7. The van der Waals surface area contributed by atoms with Gasteiger partial charge in [0.05, 0.1) is 17.1 Å². The van der Waals surface area contributed by atoms with E-state index in [4.69, 9.17) is 15.4 Å². The third-order valence-electron chi connectivity index (χ3n) is 2.48. The molecule has 0 aliphatic carbocycles. The smallest absolute Gasteiger partial charge is 0.341 e. The van der Waals surface area contributed by atoms with Crippen molar-refractivity contribution >= 4 is 25.7 Å². The van der Waals surface area contributed by atoms with Gasteiger partial charge >= 0.3 is 5.97 Å². The number of hydrogen-bond acceptors (Lipinski definition) is 4. The van der Waals surface area contributed by atoms with Crippen molar-refractivity contribution in [1.29, 1.82) is 0 Å². The van der Waals surface area contributed by atoms with E-state index in [0.29, 0.717) is 18.6 Å². The fourth-order valence-corrected chi connectivity index (χ4v) is 2.22. The van der Waals surface area contributed by atoms with Crippen LogP contribution in [0.25, 0.3) is 0 Å². The third kappa shape index (κ3) is 4.42. The lowest BCUT2D eigenvalue weighted by atomic mass is 10.2. The van der Waals surface area contributed by atoms with E-state index >= 15 is 0 Å². The van der Waals surface area contributed by atoms with Crippen molar-refractivity contribution in [2.75, 3.05) is 6.61 Å². The number of benzene rings is 1. The molecular formula is C12H13ClF2O4S. The maximum atomic E-state index is 13.5. The Morgan fingerprint density at radius 2 is 1.95 bits per heavy atom. The zero-order valence-corrected chi connectivity index (χ0v) is 12.2. The van der Waals surface area contributed by atoms with Crippen molar-refractivity contribution in [1.82, 2.24) is 0 Å². The van der Waals surface area contributed by atoms with Crippen LogP contribution in [0, 0.1) is 11.6 Å². The molecule has 0 saturated heterocycles. The van der Waals surface area contributed by atoms with E-state index in [1.54, 1.807) is 0 Å². The van der Waals surface area contributed by atoms with Crippen LogP contribution in [0.15, 0.2) is 17.0 Å². The second-order valence-electron chi connectivity index (χ2n) is 4.05. The van der Waals surface area contributed by atoms with Crippen molar-refractivity contribution < 1.29 is 26.7 Å². The van der Waals surface area contributed by atoms with Crippen LogP contribution < -0.4 is 0 Å². The van der Waals surface area contributed by atoms with Crippen LogP contribution in [0.2, 0.25) is 0 Å². The van der Waals surface area contributed by atoms with Gasteiger partial charge in [0.1, 0.15) is 0 Å². The molecule has 1 rings (SSSR count). The van der Waals surface area contributed by atoms with Crippen molar-refractivity contribution in [3.63, 3.8) is 0 Å². The molecule has 1 aromatic carbocycles. The number of rotatable bonds is 6. The van der Waals surface area contributed by atoms with Gasteiger partial charge in [0, 0.05) is 10.7 Å². The van der Waals surface area contributed by atoms with E-state index in [1.807, 2.05) is 6.92 Å². The van der Waals surface area contributed by atoms with Crippen LogP contribution in [0.1, 0.15) is 36.5 Å². The molecule has 8 heteroatoms. The monoisotopic (exact) mass is 326 g/mol. The molecule has 0 fully saturated rings. The molecule has 112 valence electrons. The molecule has 0 amide bonds. The lowest BCUT2D eigenvalue weighted by molar-refractivity contribution is 0.0491. The Kier molecular flexibility index (Phi) is 5.88. The summed E-state index contributed by atoms with van der Waals surface area (Å²) in [5.74, 6) is -4.07. The number of unbranched alkanes of at least 4 members (excludes halogenated alkanes) is 2. The standard InChI is InChI=1S/C12H13ClF2O4S/c1-2-3-4-5-19-12(16)9-6-8(20(13,17)18)7-10(14)11(9)15/h6-7H,2-5H2,1H3. The summed E-state index contributed by atoms with van der Waals surface area (Å²) in [5, 5.41) is 0. The highest BCUT2D eigenvalue weighted by atomic mass is 35.7. The third-order valence-corrected chi connectivity index (χ3v) is 3.82. The molecule has 20 heavy (non-hydrogen) atoms. The summed E-state index contributed by atoms with van der Waals surface area (Å²) in [6.45, 7) is 2.00. The first kappa shape index (κ1) is 16.8. The Bertz CT molecular complexity index is 602. The highest BCUT2D eigenvalue weighted by Gasteiger charge is 2.22. The molecule has 0 aliphatic rings. The van der Waals surface area contributed by atoms with Crippen molar-refractivity contribution in [2.24, 2.45) is 0 Å². The van der Waals surface area contributed by atoms with Gasteiger partial charge in [-0.25, -0.2) is 22.0 Å². The predicted molar refractivity (Wildman–Crippen MR) is 69.2 cm³/mol. The molecule has 0 spiro atoms. The summed E-state index contributed by atoms with van der Waals surface area (Å²) in [6, 6.07) is 1.06. The first-order valence-corrected chi connectivity index (χ1v) is 8.19. The van der Waals surface area contributed by atoms with Crippen LogP contribution in [0.3, 0.4) is 0 Å². The predicted octanol–water partition coefficient (Wildman–Crippen LogP) is 3.24. The Labute approximate surface area is 120 Å². The van der Waals surface area contributed by atoms with Crippen LogP contribution in [0.4, 0.5) is 8.78 Å². The maximum Gasteiger partial charge on any atom is 0.341 e. The Hall–Kier alpha value is -1.21. The number of halogens is 3. The number of ether oxygens (including phenoxy) is 1. The number of carbonyl (C=O) groups is 1. The minimum Gasteiger partial charge on any atom is -0.462 e. The van der Waals surface area contributed by atoms with Gasteiger partial charge in [0.15, 0.2) is 11.6 Å². The molecule has 0 unspecified atom stereocenters. The van der Waals surface area contributed by atoms with Crippen molar-refractivity contribution in [3.8, 4) is 0 Å². The molecule has 0 aliphatic heterocycles. The maximum absolute atomic E-state index is 13.5. The Morgan fingerprint density at radius 3 is 2.50 bits per heavy atom. The van der Waals surface area contributed by atoms with E-state index in [2.05, 4.69) is 0 Å². The van der Waals surface area contributed by atoms with E-state index in [1.165, 1.54) is 0 Å². The minimum absolute atomic E-state index is 0.0472. The van der Waals surface area contributed by atoms with Crippen molar-refractivity contribution in [2.45, 2.75) is 31.1 Å². The number of hydrogen-bond donors (Lipinski definition) is 0. The Morgan fingerprint density at radius 1 is 1.30 bits per heavy atom. The van der Waals surface area contributed by atoms with E-state index in [9.17, 15) is 22.0 Å². The van der Waals surface area contributed by atoms with Crippen LogP contribution in [-0.2, 0) is 13.8 Å². The van der Waals surface area contributed by atoms with E-state index < -0.39 is 37.1 Å². The van der Waals surface area contributed by atoms with Gasteiger partial charge < -0.3 is 4.74 Å². The van der Waals surface area contributed by atoms with Crippen LogP contribution >= 0.6 is 10.7 Å². The van der Waals surface area contributed by atoms with Crippen molar-refractivity contribution in [3.05, 3.63) is 29.3 Å². The molecule has 0 aromatic heterocycles. The molecule has 0 saturated carbocycles. The minimum atomic E-state index is -4.27. The summed E-state index contributed by atoms with van der Waals surface area (Å²) >= 11 is 0. The fourth-order valence-electron chi connectivity index (χ4n) is 1.45. The van der Waals surface area contributed by atoms with Gasteiger partial charge in [-0.1, -0.05) is 19.8 Å². The second-order valence-corrected chi connectivity index (χ2v) is 6.61. The van der Waals surface area contributed by atoms with E-state index in [0.717, 1.165) is 12.8 Å². The fraction of sp³-hybridized carbons (Fsp3) is 0.417. The quantitative estimate of drug-likeness (QED) is 0.457. The van der Waals surface area contributed by atoms with E-state index in [-0.39, 0.29) is 6.61 Å². The second kappa shape index (κ2) is 6.99. The molecule has 0 N–H and O–H groups in total. The SMILES string of the molecule is CCCCCOC(=O)c1cc(S(=O)(=O)Cl)cc(F)c1F. The summed E-state index contributed by atoms with van der Waals surface area (Å²) < 4.78 is 53.7. The summed E-state index contributed by atoms with van der Waals surface area (Å²) in [4.78, 5) is 10.9. The highest BCUT2D eigenvalue weighted by molar-refractivity contribution is 8.13. The zero-order chi connectivity index (χ0) is 15.3. The normalized spacial score (nSPS) is 11.4. The molecule has 4 nitrogen and oxygen atoms in total. The first-order chi connectivity index (χ1) is 9.27. The largest absolute Gasteiger partial charge is 0.462 e. The van der Waals surface area contributed by atoms with Gasteiger partial charge in [-0.2, -0.15) is 0 Å². The molecule has 0 radical (unpaired) electrons. The average Bonchev–Trinajstić information content (AvgIpc) is 2.36. The lowest BCUT2D eigenvalue weighted by Crippen LogP contribution is -2.11. The summed E-state index contributed by atoms with van der Waals surface area (Å²) in [6.07, 6.45) is 2.31. The average molecular weight is 327 g/mol. The lowest BCUT2D eigenvalue weighted by Gasteiger charge is -2.07. The molecule has 0 atom stereocenters. The molecule has 1 aromatic rings. The molecular weight excluding hydrogens is 314 g/mol. The number of carbonyl (C=O) groups excluding carboxylic acids is 1. The first-order valence-electron chi connectivity index (χ1n) is 5.88. The highest BCUT2D eigenvalue weighted by Crippen LogP contribution is 2.22.